The van der Waals surface area contributed by atoms with Gasteiger partial charge in [-0.25, -0.2) is 13.1 Å². The highest BCUT2D eigenvalue weighted by Crippen LogP contribution is 1.95. The van der Waals surface area contributed by atoms with E-state index in [0.29, 0.717) is 5.82 Å². The number of sulfonamides is 1. The maximum Gasteiger partial charge on any atom is 0.304 e. The van der Waals surface area contributed by atoms with Crippen LogP contribution in [0.5, 0.6) is 0 Å². The third kappa shape index (κ3) is 3.95. The largest absolute Gasteiger partial charge is 0.481 e. The van der Waals surface area contributed by atoms with E-state index in [2.05, 4.69) is 14.9 Å². The van der Waals surface area contributed by atoms with Crippen LogP contribution in [-0.4, -0.2) is 40.0 Å². The highest BCUT2D eigenvalue weighted by Gasteiger charge is 2.13. The van der Waals surface area contributed by atoms with Crippen LogP contribution in [0.3, 0.4) is 0 Å². The van der Waals surface area contributed by atoms with Crippen molar-refractivity contribution in [2.45, 2.75) is 13.0 Å². The lowest BCUT2D eigenvalue weighted by atomic mass is 10.5. The molecule has 1 aromatic heterocycles. The highest BCUT2D eigenvalue weighted by atomic mass is 32.2. The molecule has 0 amide bonds. The number of carboxylic acid groups (broad SMARTS) is 1. The van der Waals surface area contributed by atoms with Gasteiger partial charge in [0.2, 0.25) is 10.0 Å². The molecule has 0 spiro atoms. The molecule has 0 fully saturated rings. The minimum Gasteiger partial charge on any atom is -0.481 e. The molecule has 1 heterocycles. The van der Waals surface area contributed by atoms with Crippen molar-refractivity contribution in [2.24, 2.45) is 7.05 Å². The maximum atomic E-state index is 11.3. The van der Waals surface area contributed by atoms with E-state index in [4.69, 9.17) is 5.11 Å². The monoisotopic (exact) mass is 248 g/mol. The van der Waals surface area contributed by atoms with Gasteiger partial charge in [-0.05, 0) is 0 Å². The molecule has 0 unspecified atom stereocenters. The van der Waals surface area contributed by atoms with Crippen LogP contribution in [0.1, 0.15) is 12.2 Å². The molecule has 90 valence electrons. The molecule has 16 heavy (non-hydrogen) atoms. The van der Waals surface area contributed by atoms with Gasteiger partial charge in [0.05, 0.1) is 18.7 Å². The molecule has 0 bridgehead atoms. The van der Waals surface area contributed by atoms with E-state index in [1.165, 1.54) is 6.33 Å². The predicted octanol–water partition coefficient (Wildman–Crippen LogP) is -1.29. The van der Waals surface area contributed by atoms with Crippen molar-refractivity contribution in [1.82, 2.24) is 19.5 Å². The first-order chi connectivity index (χ1) is 7.41. The number of aromatic nitrogens is 3. The summed E-state index contributed by atoms with van der Waals surface area (Å²) >= 11 is 0. The molecule has 0 aromatic carbocycles. The van der Waals surface area contributed by atoms with Crippen LogP contribution in [0, 0.1) is 0 Å². The number of carboxylic acids is 1. The molecule has 1 aromatic rings. The second-order valence-electron chi connectivity index (χ2n) is 3.14. The zero-order valence-electron chi connectivity index (χ0n) is 8.62. The molecule has 0 aliphatic rings. The van der Waals surface area contributed by atoms with Gasteiger partial charge in [0.15, 0.2) is 0 Å². The summed E-state index contributed by atoms with van der Waals surface area (Å²) in [6.07, 6.45) is 1.02. The average Bonchev–Trinajstić information content (AvgIpc) is 2.59. The topological polar surface area (TPSA) is 114 Å². The molecule has 1 rings (SSSR count). The first-order valence-electron chi connectivity index (χ1n) is 4.43. The quantitative estimate of drug-likeness (QED) is 0.647. The summed E-state index contributed by atoms with van der Waals surface area (Å²) in [4.78, 5) is 10.2. The van der Waals surface area contributed by atoms with Crippen LogP contribution in [0.4, 0.5) is 0 Å². The number of hydrogen-bond acceptors (Lipinski definition) is 5. The fourth-order valence-electron chi connectivity index (χ4n) is 0.936. The SMILES string of the molecule is Cn1cnnc1CNS(=O)(=O)CCC(=O)O. The molecule has 0 saturated carbocycles. The van der Waals surface area contributed by atoms with E-state index >= 15 is 0 Å². The third-order valence-corrected chi connectivity index (χ3v) is 3.17. The summed E-state index contributed by atoms with van der Waals surface area (Å²) in [7, 11) is -1.90. The Kier molecular flexibility index (Phi) is 3.96. The number of aryl methyl sites for hydroxylation is 1. The van der Waals surface area contributed by atoms with Crippen molar-refractivity contribution >= 4 is 16.0 Å². The summed E-state index contributed by atoms with van der Waals surface area (Å²) in [5.41, 5.74) is 0. The Bertz CT molecular complexity index is 466. The van der Waals surface area contributed by atoms with E-state index in [1.807, 2.05) is 0 Å². The van der Waals surface area contributed by atoms with E-state index in [1.54, 1.807) is 11.6 Å². The minimum absolute atomic E-state index is 0.00154. The molecule has 0 aliphatic carbocycles. The summed E-state index contributed by atoms with van der Waals surface area (Å²) in [5.74, 6) is -1.14. The first kappa shape index (κ1) is 12.6. The smallest absolute Gasteiger partial charge is 0.304 e. The van der Waals surface area contributed by atoms with Gasteiger partial charge in [0.25, 0.3) is 0 Å². The molecular formula is C7H12N4O4S. The van der Waals surface area contributed by atoms with E-state index in [9.17, 15) is 13.2 Å². The Balaban J connectivity index is 2.48. The lowest BCUT2D eigenvalue weighted by Crippen LogP contribution is -2.28. The molecule has 9 heteroatoms. The van der Waals surface area contributed by atoms with E-state index < -0.39 is 28.2 Å². The molecule has 0 radical (unpaired) electrons. The number of nitrogens with one attached hydrogen (secondary N) is 1. The van der Waals surface area contributed by atoms with Gasteiger partial charge in [-0.3, -0.25) is 4.79 Å². The second kappa shape index (κ2) is 5.03. The summed E-state index contributed by atoms with van der Waals surface area (Å²) in [6, 6.07) is 0. The van der Waals surface area contributed by atoms with Crippen molar-refractivity contribution in [3.8, 4) is 0 Å². The van der Waals surface area contributed by atoms with E-state index in [-0.39, 0.29) is 6.54 Å². The Hall–Kier alpha value is -1.48. The number of hydrogen-bond donors (Lipinski definition) is 2. The van der Waals surface area contributed by atoms with Gasteiger partial charge in [-0.1, -0.05) is 0 Å². The van der Waals surface area contributed by atoms with Crippen LogP contribution < -0.4 is 4.72 Å². The molecule has 0 aliphatic heterocycles. The van der Waals surface area contributed by atoms with Crippen LogP contribution in [0.2, 0.25) is 0 Å². The summed E-state index contributed by atoms with van der Waals surface area (Å²) in [6.45, 7) is -0.00154. The predicted molar refractivity (Wildman–Crippen MR) is 53.9 cm³/mol. The fourth-order valence-corrected chi connectivity index (χ4v) is 1.87. The second-order valence-corrected chi connectivity index (χ2v) is 5.07. The minimum atomic E-state index is -3.58. The van der Waals surface area contributed by atoms with Crippen molar-refractivity contribution in [3.63, 3.8) is 0 Å². The zero-order chi connectivity index (χ0) is 12.2. The summed E-state index contributed by atoms with van der Waals surface area (Å²) in [5, 5.41) is 15.6. The van der Waals surface area contributed by atoms with Gasteiger partial charge in [0, 0.05) is 7.05 Å². The average molecular weight is 248 g/mol. The first-order valence-corrected chi connectivity index (χ1v) is 6.08. The van der Waals surface area contributed by atoms with Crippen LogP contribution >= 0.6 is 0 Å². The van der Waals surface area contributed by atoms with Crippen molar-refractivity contribution in [3.05, 3.63) is 12.2 Å². The van der Waals surface area contributed by atoms with Crippen molar-refractivity contribution in [1.29, 1.82) is 0 Å². The maximum absolute atomic E-state index is 11.3. The van der Waals surface area contributed by atoms with Crippen LogP contribution in [0.15, 0.2) is 6.33 Å². The normalized spacial score (nSPS) is 11.6. The number of aliphatic carboxylic acids is 1. The van der Waals surface area contributed by atoms with Crippen molar-refractivity contribution < 1.29 is 18.3 Å². The Labute approximate surface area is 92.3 Å². The number of rotatable bonds is 6. The summed E-state index contributed by atoms with van der Waals surface area (Å²) < 4.78 is 26.4. The Morgan fingerprint density at radius 1 is 1.62 bits per heavy atom. The van der Waals surface area contributed by atoms with Gasteiger partial charge in [0.1, 0.15) is 12.2 Å². The fraction of sp³-hybridized carbons (Fsp3) is 0.571. The molecule has 0 atom stereocenters. The lowest BCUT2D eigenvalue weighted by molar-refractivity contribution is -0.136. The standard InChI is InChI=1S/C7H12N4O4S/c1-11-5-8-10-6(11)4-9-16(14,15)3-2-7(12)13/h5,9H,2-4H2,1H3,(H,12,13). The Morgan fingerprint density at radius 2 is 2.31 bits per heavy atom. The van der Waals surface area contributed by atoms with Crippen molar-refractivity contribution in [2.75, 3.05) is 5.75 Å². The third-order valence-electron chi connectivity index (χ3n) is 1.84. The van der Waals surface area contributed by atoms with Gasteiger partial charge in [-0.2, -0.15) is 0 Å². The molecule has 0 saturated heterocycles. The lowest BCUT2D eigenvalue weighted by Gasteiger charge is -2.04. The number of carbonyl (C=O) groups is 1. The van der Waals surface area contributed by atoms with Crippen LogP contribution in [0.25, 0.3) is 0 Å². The molecular weight excluding hydrogens is 236 g/mol. The molecule has 2 N–H and O–H groups in total. The van der Waals surface area contributed by atoms with Gasteiger partial charge < -0.3 is 9.67 Å². The number of nitrogens with zero attached hydrogens (tertiary/aromatic N) is 3. The van der Waals surface area contributed by atoms with Crippen LogP contribution in [-0.2, 0) is 28.4 Å². The molecule has 8 nitrogen and oxygen atoms in total. The zero-order valence-corrected chi connectivity index (χ0v) is 9.44. The Morgan fingerprint density at radius 3 is 2.81 bits per heavy atom. The van der Waals surface area contributed by atoms with Gasteiger partial charge >= 0.3 is 5.97 Å². The highest BCUT2D eigenvalue weighted by molar-refractivity contribution is 7.89. The van der Waals surface area contributed by atoms with E-state index in [0.717, 1.165) is 0 Å². The van der Waals surface area contributed by atoms with Gasteiger partial charge in [-0.15, -0.1) is 10.2 Å².